The highest BCUT2D eigenvalue weighted by Crippen LogP contribution is 2.31. The Balaban J connectivity index is 0.00000160. The number of amides is 3. The molecule has 2 N–H and O–H groups in total. The summed E-state index contributed by atoms with van der Waals surface area (Å²) in [5.41, 5.74) is 0.641. The number of anilines is 1. The van der Waals surface area contributed by atoms with Crippen LogP contribution in [0.2, 0.25) is 5.02 Å². The molecular weight excluding hydrogens is 642 g/mol. The number of aliphatic hydroxyl groups excluding tert-OH is 1. The van der Waals surface area contributed by atoms with Crippen LogP contribution in [0.25, 0.3) is 11.3 Å². The van der Waals surface area contributed by atoms with E-state index in [1.54, 1.807) is 9.80 Å². The summed E-state index contributed by atoms with van der Waals surface area (Å²) in [6.07, 6.45) is 1.18. The fraction of sp³-hybridized carbons (Fsp3) is 0.387. The van der Waals surface area contributed by atoms with Crippen molar-refractivity contribution in [3.05, 3.63) is 64.6 Å². The lowest BCUT2D eigenvalue weighted by Crippen LogP contribution is -2.58. The first-order valence-electron chi connectivity index (χ1n) is 14.5. The molecule has 2 aromatic carbocycles. The van der Waals surface area contributed by atoms with Crippen molar-refractivity contribution in [2.75, 3.05) is 59.2 Å². The van der Waals surface area contributed by atoms with Crippen LogP contribution in [0.3, 0.4) is 0 Å². The summed E-state index contributed by atoms with van der Waals surface area (Å²) in [7, 11) is 6.60. The van der Waals surface area contributed by atoms with Gasteiger partial charge in [0.15, 0.2) is 23.4 Å². The minimum atomic E-state index is -1.15. The van der Waals surface area contributed by atoms with E-state index in [0.717, 1.165) is 0 Å². The van der Waals surface area contributed by atoms with E-state index < -0.39 is 30.1 Å². The van der Waals surface area contributed by atoms with Crippen molar-refractivity contribution in [3.8, 4) is 17.0 Å². The van der Waals surface area contributed by atoms with Crippen LogP contribution in [0.4, 0.5) is 14.5 Å². The van der Waals surface area contributed by atoms with Gasteiger partial charge >= 0.3 is 0 Å². The highest BCUT2D eigenvalue weighted by Gasteiger charge is 2.46. The number of likely N-dealkylation sites (tertiary alicyclic amines) is 1. The molecule has 2 fully saturated rings. The van der Waals surface area contributed by atoms with Crippen molar-refractivity contribution in [2.24, 2.45) is 7.05 Å². The normalized spacial score (nSPS) is 18.6. The zero-order chi connectivity index (χ0) is 34.6. The smallest absolute Gasteiger partial charge is 0.291 e. The number of piperazine rings is 1. The van der Waals surface area contributed by atoms with Crippen LogP contribution >= 0.6 is 11.6 Å². The summed E-state index contributed by atoms with van der Waals surface area (Å²) < 4.78 is 35.5. The third-order valence-corrected chi connectivity index (χ3v) is 8.69. The van der Waals surface area contributed by atoms with Crippen molar-refractivity contribution in [3.63, 3.8) is 0 Å². The van der Waals surface area contributed by atoms with E-state index in [0.29, 0.717) is 49.3 Å². The predicted octanol–water partition coefficient (Wildman–Crippen LogP) is 1.14. The van der Waals surface area contributed by atoms with Crippen molar-refractivity contribution < 1.29 is 47.4 Å². The average molecular weight is 677 g/mol. The first-order chi connectivity index (χ1) is 22.2. The molecule has 16 heteroatoms. The topological polar surface area (TPSA) is 157 Å². The summed E-state index contributed by atoms with van der Waals surface area (Å²) in [6.45, 7) is 1.45. The number of carboxylic acid groups (broad SMARTS) is 1. The summed E-state index contributed by atoms with van der Waals surface area (Å²) in [5.74, 6) is -3.52. The number of aliphatic hydroxyl groups is 1. The Hall–Kier alpha value is -4.60. The van der Waals surface area contributed by atoms with E-state index in [1.807, 2.05) is 14.1 Å². The number of benzene rings is 2. The van der Waals surface area contributed by atoms with E-state index in [2.05, 4.69) is 10.3 Å². The second kappa shape index (κ2) is 14.4. The van der Waals surface area contributed by atoms with Gasteiger partial charge in [-0.15, -0.1) is 0 Å². The number of rotatable bonds is 6. The Bertz CT molecular complexity index is 1680. The lowest BCUT2D eigenvalue weighted by Gasteiger charge is -2.38. The molecule has 5 rings (SSSR count). The van der Waals surface area contributed by atoms with Gasteiger partial charge in [0.2, 0.25) is 5.82 Å². The standard InChI is InChI=1S/C30H33ClF2N6O5.CH2O2/c1-36-22(20-7-8-24(44-4)26(33)25(20)32)15-34-27(36)28(41)35-17-5-6-19(21(31)13-17)29(42)37-9-11-38(12-10-37)30(43)23-14-18(40)16-39(23,2)3;2-1-3/h5-8,13,15,18,23,40H,9-12,14,16H2,1-4H3;1H,(H,2,3)/t18-,23+;/m1./s1. The van der Waals surface area contributed by atoms with Gasteiger partial charge in [0.05, 0.1) is 43.7 Å². The van der Waals surface area contributed by atoms with Gasteiger partial charge in [-0.1, -0.05) is 11.6 Å². The molecule has 0 bridgehead atoms. The van der Waals surface area contributed by atoms with Gasteiger partial charge in [0, 0.05) is 57.4 Å². The van der Waals surface area contributed by atoms with Gasteiger partial charge in [-0.25, -0.2) is 9.37 Å². The molecule has 0 unspecified atom stereocenters. The van der Waals surface area contributed by atoms with Gasteiger partial charge in [-0.05, 0) is 30.3 Å². The zero-order valence-electron chi connectivity index (χ0n) is 26.2. The molecule has 3 heterocycles. The molecule has 1 aromatic heterocycles. The highest BCUT2D eigenvalue weighted by atomic mass is 35.5. The van der Waals surface area contributed by atoms with E-state index in [-0.39, 0.29) is 51.3 Å². The first-order valence-corrected chi connectivity index (χ1v) is 14.9. The fourth-order valence-corrected chi connectivity index (χ4v) is 6.17. The number of aromatic nitrogens is 2. The second-order valence-electron chi connectivity index (χ2n) is 11.7. The molecule has 2 saturated heterocycles. The van der Waals surface area contributed by atoms with Crippen molar-refractivity contribution >= 4 is 41.5 Å². The maximum Gasteiger partial charge on any atom is 0.291 e. The molecule has 0 spiro atoms. The fourth-order valence-electron chi connectivity index (χ4n) is 5.91. The van der Waals surface area contributed by atoms with E-state index in [4.69, 9.17) is 26.2 Å². The number of hydrogen-bond acceptors (Lipinski definition) is 8. The summed E-state index contributed by atoms with van der Waals surface area (Å²) in [4.78, 5) is 55.1. The number of likely N-dealkylation sites (N-methyl/N-ethyl adjacent to an activating group) is 1. The number of ether oxygens (including phenoxy) is 1. The van der Waals surface area contributed by atoms with Crippen LogP contribution in [0.15, 0.2) is 36.5 Å². The minimum Gasteiger partial charge on any atom is -0.554 e. The largest absolute Gasteiger partial charge is 0.554 e. The number of imidazole rings is 1. The number of carbonyl (C=O) groups is 4. The molecule has 0 radical (unpaired) electrons. The number of methoxy groups -OCH3 is 1. The third kappa shape index (κ3) is 7.37. The monoisotopic (exact) mass is 676 g/mol. The molecule has 3 amide bonds. The molecular formula is C31H35ClF2N6O7. The van der Waals surface area contributed by atoms with Crippen molar-refractivity contribution in [1.82, 2.24) is 19.4 Å². The molecule has 2 aliphatic heterocycles. The van der Waals surface area contributed by atoms with Crippen LogP contribution in [0.1, 0.15) is 27.4 Å². The van der Waals surface area contributed by atoms with Crippen LogP contribution in [-0.2, 0) is 16.6 Å². The van der Waals surface area contributed by atoms with Crippen LogP contribution in [-0.4, -0.2) is 119 Å². The average Bonchev–Trinajstić information content (AvgIpc) is 3.55. The van der Waals surface area contributed by atoms with Crippen molar-refractivity contribution in [2.45, 2.75) is 18.6 Å². The minimum absolute atomic E-state index is 0.0158. The highest BCUT2D eigenvalue weighted by molar-refractivity contribution is 6.34. The van der Waals surface area contributed by atoms with Gasteiger partial charge in [-0.2, -0.15) is 4.39 Å². The quantitative estimate of drug-likeness (QED) is 0.291. The van der Waals surface area contributed by atoms with Crippen LogP contribution in [0, 0.1) is 11.6 Å². The van der Waals surface area contributed by atoms with Crippen LogP contribution < -0.4 is 15.2 Å². The Morgan fingerprint density at radius 1 is 1.11 bits per heavy atom. The predicted molar refractivity (Wildman–Crippen MR) is 164 cm³/mol. The molecule has 0 aliphatic carbocycles. The molecule has 0 saturated carbocycles. The van der Waals surface area contributed by atoms with Gasteiger partial charge in [0.1, 0.15) is 12.6 Å². The van der Waals surface area contributed by atoms with E-state index in [1.165, 1.54) is 55.3 Å². The molecule has 2 aliphatic rings. The number of quaternary nitrogens is 1. The maximum atomic E-state index is 14.6. The Labute approximate surface area is 274 Å². The van der Waals surface area contributed by atoms with Crippen molar-refractivity contribution in [1.29, 1.82) is 0 Å². The van der Waals surface area contributed by atoms with Crippen LogP contribution in [0.5, 0.6) is 5.75 Å². The Morgan fingerprint density at radius 2 is 1.74 bits per heavy atom. The maximum absolute atomic E-state index is 14.6. The van der Waals surface area contributed by atoms with E-state index >= 15 is 0 Å². The number of halogens is 3. The lowest BCUT2D eigenvalue weighted by atomic mass is 10.1. The SMILES string of the molecule is COc1ccc(-c2cnc(C(=O)Nc3ccc(C(=O)N4CCN(C(=O)[C@@H]5C[C@@H](O)C[N+]5(C)C)CC4)c(Cl)c3)n2C)c(F)c1F.O=C[O-]. The molecule has 47 heavy (non-hydrogen) atoms. The molecule has 3 aromatic rings. The van der Waals surface area contributed by atoms with Gasteiger partial charge < -0.3 is 43.9 Å². The zero-order valence-corrected chi connectivity index (χ0v) is 27.0. The Kier molecular flexibility index (Phi) is 10.8. The number of carbonyl (C=O) groups excluding carboxylic acids is 4. The van der Waals surface area contributed by atoms with E-state index in [9.17, 15) is 28.3 Å². The number of nitrogens with zero attached hydrogens (tertiary/aromatic N) is 5. The third-order valence-electron chi connectivity index (χ3n) is 8.38. The first kappa shape index (κ1) is 35.3. The number of hydrogen-bond donors (Lipinski definition) is 2. The molecule has 252 valence electrons. The molecule has 2 atom stereocenters. The van der Waals surface area contributed by atoms with Gasteiger partial charge in [-0.3, -0.25) is 14.4 Å². The number of nitrogens with one attached hydrogen (secondary N) is 1. The second-order valence-corrected chi connectivity index (χ2v) is 12.1. The summed E-state index contributed by atoms with van der Waals surface area (Å²) >= 11 is 6.46. The summed E-state index contributed by atoms with van der Waals surface area (Å²) in [6, 6.07) is 6.80. The van der Waals surface area contributed by atoms with Gasteiger partial charge in [0.25, 0.3) is 17.7 Å². The Morgan fingerprint density at radius 3 is 2.32 bits per heavy atom. The molecule has 13 nitrogen and oxygen atoms in total. The summed E-state index contributed by atoms with van der Waals surface area (Å²) in [5, 5.41) is 21.1. The lowest BCUT2D eigenvalue weighted by molar-refractivity contribution is -0.894.